The molecule has 0 saturated heterocycles. The second-order valence-electron chi connectivity index (χ2n) is 6.09. The lowest BCUT2D eigenvalue weighted by Gasteiger charge is -2.28. The largest absolute Gasteiger partial charge is 0.385 e. The van der Waals surface area contributed by atoms with Gasteiger partial charge in [0.25, 0.3) is 0 Å². The van der Waals surface area contributed by atoms with E-state index in [1.165, 1.54) is 0 Å². The number of aromatic amines is 1. The van der Waals surface area contributed by atoms with E-state index < -0.39 is 11.5 Å². The summed E-state index contributed by atoms with van der Waals surface area (Å²) in [6, 6.07) is 14.7. The molecule has 0 fully saturated rings. The Hall–Kier alpha value is -2.92. The first-order valence-electron chi connectivity index (χ1n) is 8.02. The predicted octanol–water partition coefficient (Wildman–Crippen LogP) is 2.83. The van der Waals surface area contributed by atoms with Gasteiger partial charge in [0.05, 0.1) is 11.8 Å². The second kappa shape index (κ2) is 6.91. The normalized spacial score (nSPS) is 13.4. The quantitative estimate of drug-likeness (QED) is 0.647. The zero-order chi connectivity index (χ0) is 17.9. The van der Waals surface area contributed by atoms with Crippen LogP contribution in [-0.2, 0) is 12.0 Å². The number of nitrogens with one attached hydrogen (secondary N) is 1. The van der Waals surface area contributed by atoms with Crippen molar-refractivity contribution < 1.29 is 9.90 Å². The van der Waals surface area contributed by atoms with Crippen LogP contribution in [0.25, 0.3) is 11.1 Å². The van der Waals surface area contributed by atoms with Gasteiger partial charge in [-0.15, -0.1) is 0 Å². The van der Waals surface area contributed by atoms with Crippen molar-refractivity contribution in [1.82, 2.24) is 10.2 Å². The van der Waals surface area contributed by atoms with Crippen LogP contribution >= 0.6 is 0 Å². The van der Waals surface area contributed by atoms with Crippen LogP contribution in [0.4, 0.5) is 0 Å². The zero-order valence-corrected chi connectivity index (χ0v) is 13.8. The number of hydrogen-bond acceptors (Lipinski definition) is 3. The molecule has 3 aromatic rings. The topological polar surface area (TPSA) is 92.0 Å². The first-order valence-corrected chi connectivity index (χ1v) is 8.02. The highest BCUT2D eigenvalue weighted by Gasteiger charge is 2.27. The Morgan fingerprint density at radius 3 is 2.56 bits per heavy atom. The summed E-state index contributed by atoms with van der Waals surface area (Å²) in [4.78, 5) is 11.3. The average Bonchev–Trinajstić information content (AvgIpc) is 3.16. The van der Waals surface area contributed by atoms with E-state index in [0.717, 1.165) is 22.3 Å². The van der Waals surface area contributed by atoms with Crippen LogP contribution in [0.3, 0.4) is 0 Å². The fraction of sp³-hybridized carbons (Fsp3) is 0.150. The van der Waals surface area contributed by atoms with Gasteiger partial charge in [-0.1, -0.05) is 43.3 Å². The number of amides is 1. The molecule has 5 heteroatoms. The van der Waals surface area contributed by atoms with Crippen molar-refractivity contribution in [3.8, 4) is 11.1 Å². The Labute approximate surface area is 146 Å². The number of carbonyl (C=O) groups excluding carboxylic acids is 1. The van der Waals surface area contributed by atoms with Gasteiger partial charge in [0, 0.05) is 23.7 Å². The fourth-order valence-corrected chi connectivity index (χ4v) is 2.89. The molecule has 3 rings (SSSR count). The molecule has 0 aliphatic heterocycles. The summed E-state index contributed by atoms with van der Waals surface area (Å²) >= 11 is 0. The summed E-state index contributed by atoms with van der Waals surface area (Å²) in [6.07, 6.45) is 4.22. The molecule has 1 aromatic heterocycles. The van der Waals surface area contributed by atoms with E-state index in [1.807, 2.05) is 36.5 Å². The lowest BCUT2D eigenvalue weighted by molar-refractivity contribution is 0.0392. The molecule has 1 amide bonds. The Balaban J connectivity index is 1.87. The average molecular weight is 334 g/mol. The minimum absolute atomic E-state index is 0.304. The van der Waals surface area contributed by atoms with Crippen molar-refractivity contribution in [2.45, 2.75) is 18.4 Å². The second-order valence-corrected chi connectivity index (χ2v) is 6.09. The van der Waals surface area contributed by atoms with Gasteiger partial charge in [-0.25, -0.2) is 0 Å². The van der Waals surface area contributed by atoms with Gasteiger partial charge in [0.2, 0.25) is 5.91 Å². The van der Waals surface area contributed by atoms with Gasteiger partial charge in [0.1, 0.15) is 0 Å². The fourth-order valence-electron chi connectivity index (χ4n) is 2.89. The summed E-state index contributed by atoms with van der Waals surface area (Å²) < 4.78 is 0. The Morgan fingerprint density at radius 1 is 1.20 bits per heavy atom. The highest BCUT2D eigenvalue weighted by Crippen LogP contribution is 2.31. The zero-order valence-electron chi connectivity index (χ0n) is 13.8. The van der Waals surface area contributed by atoms with Crippen molar-refractivity contribution in [3.63, 3.8) is 0 Å². The van der Waals surface area contributed by atoms with Gasteiger partial charge in [-0.3, -0.25) is 9.89 Å². The van der Waals surface area contributed by atoms with E-state index in [-0.39, 0.29) is 0 Å². The summed E-state index contributed by atoms with van der Waals surface area (Å²) in [6.45, 7) is 3.90. The van der Waals surface area contributed by atoms with E-state index in [9.17, 15) is 9.90 Å². The molecular formula is C20H20N3O2. The summed E-state index contributed by atoms with van der Waals surface area (Å²) in [5, 5.41) is 17.8. The van der Waals surface area contributed by atoms with Crippen molar-refractivity contribution in [3.05, 3.63) is 84.5 Å². The number of aliphatic hydroxyl groups is 1. The molecule has 1 atom stereocenters. The maximum Gasteiger partial charge on any atom is 0.248 e. The molecule has 127 valence electrons. The van der Waals surface area contributed by atoms with Crippen LogP contribution in [0, 0.1) is 6.92 Å². The van der Waals surface area contributed by atoms with Crippen LogP contribution < -0.4 is 5.73 Å². The molecule has 0 aliphatic rings. The Morgan fingerprint density at radius 2 is 1.96 bits per heavy atom. The molecule has 1 radical (unpaired) electrons. The number of nitrogens with zero attached hydrogens (tertiary/aromatic N) is 1. The number of nitrogens with two attached hydrogens (primary N) is 1. The number of hydrogen-bond donors (Lipinski definition) is 3. The number of aromatic nitrogens is 2. The van der Waals surface area contributed by atoms with Gasteiger partial charge < -0.3 is 10.8 Å². The van der Waals surface area contributed by atoms with Gasteiger partial charge >= 0.3 is 0 Å². The summed E-state index contributed by atoms with van der Waals surface area (Å²) in [5.74, 6) is -0.482. The van der Waals surface area contributed by atoms with E-state index in [1.54, 1.807) is 24.4 Å². The molecule has 1 unspecified atom stereocenters. The molecular weight excluding hydrogens is 314 g/mol. The van der Waals surface area contributed by atoms with Crippen molar-refractivity contribution in [2.75, 3.05) is 0 Å². The lowest BCUT2D eigenvalue weighted by atomic mass is 9.84. The molecule has 25 heavy (non-hydrogen) atoms. The molecule has 0 aliphatic carbocycles. The van der Waals surface area contributed by atoms with E-state index in [2.05, 4.69) is 17.1 Å². The highest BCUT2D eigenvalue weighted by atomic mass is 16.3. The SMILES string of the molecule is [CH2]CC(O)(Cc1cccc(C(N)=O)c1)c1ccc(-c2cn[nH]c2)cc1. The number of rotatable bonds is 6. The number of H-pyrrole nitrogens is 1. The van der Waals surface area contributed by atoms with Gasteiger partial charge in [-0.2, -0.15) is 5.10 Å². The first-order chi connectivity index (χ1) is 12.0. The van der Waals surface area contributed by atoms with Crippen LogP contribution in [0.1, 0.15) is 27.9 Å². The third kappa shape index (κ3) is 3.61. The van der Waals surface area contributed by atoms with Crippen LogP contribution in [0.15, 0.2) is 60.9 Å². The Bertz CT molecular complexity index is 857. The maximum atomic E-state index is 11.3. The van der Waals surface area contributed by atoms with Crippen LogP contribution in [0.2, 0.25) is 0 Å². The number of carbonyl (C=O) groups is 1. The Kier molecular flexibility index (Phi) is 4.67. The molecule has 5 nitrogen and oxygen atoms in total. The van der Waals surface area contributed by atoms with E-state index in [0.29, 0.717) is 18.4 Å². The lowest BCUT2D eigenvalue weighted by Crippen LogP contribution is -2.28. The third-order valence-corrected chi connectivity index (χ3v) is 4.38. The molecule has 0 saturated carbocycles. The summed E-state index contributed by atoms with van der Waals surface area (Å²) in [7, 11) is 0. The molecule has 1 heterocycles. The highest BCUT2D eigenvalue weighted by molar-refractivity contribution is 5.92. The number of primary amides is 1. The standard InChI is InChI=1S/C20H20N3O2/c1-2-20(25,11-14-4-3-5-16(10-14)19(21)24)18-8-6-15(7-9-18)17-12-22-23-13-17/h3-10,12-13,25H,1-2,11H2,(H2,21,24)(H,22,23). The smallest absolute Gasteiger partial charge is 0.248 e. The van der Waals surface area contributed by atoms with Crippen molar-refractivity contribution >= 4 is 5.91 Å². The third-order valence-electron chi connectivity index (χ3n) is 4.38. The summed E-state index contributed by atoms with van der Waals surface area (Å²) in [5.41, 5.74) is 8.25. The van der Waals surface area contributed by atoms with Gasteiger partial charge in [0.15, 0.2) is 0 Å². The minimum atomic E-state index is -1.12. The van der Waals surface area contributed by atoms with E-state index >= 15 is 0 Å². The van der Waals surface area contributed by atoms with Crippen molar-refractivity contribution in [2.24, 2.45) is 5.73 Å². The van der Waals surface area contributed by atoms with E-state index in [4.69, 9.17) is 5.73 Å². The van der Waals surface area contributed by atoms with Gasteiger partial charge in [-0.05, 0) is 35.2 Å². The van der Waals surface area contributed by atoms with Crippen molar-refractivity contribution in [1.29, 1.82) is 0 Å². The maximum absolute atomic E-state index is 11.3. The first kappa shape index (κ1) is 16.9. The minimum Gasteiger partial charge on any atom is -0.385 e. The molecule has 2 aromatic carbocycles. The molecule has 0 bridgehead atoms. The predicted molar refractivity (Wildman–Crippen MR) is 96.6 cm³/mol. The number of benzene rings is 2. The van der Waals surface area contributed by atoms with Crippen LogP contribution in [0.5, 0.6) is 0 Å². The monoisotopic (exact) mass is 334 g/mol. The molecule has 0 spiro atoms. The van der Waals surface area contributed by atoms with Crippen LogP contribution in [-0.4, -0.2) is 21.2 Å². The molecule has 4 N–H and O–H groups in total.